The molecule has 0 aromatic carbocycles. The molecule has 0 unspecified atom stereocenters. The van der Waals surface area contributed by atoms with Gasteiger partial charge in [0.2, 0.25) is 0 Å². The highest BCUT2D eigenvalue weighted by Crippen LogP contribution is 2.29. The second-order valence-electron chi connectivity index (χ2n) is 7.49. The number of likely N-dealkylation sites (tertiary alicyclic amines) is 1. The lowest BCUT2D eigenvalue weighted by Gasteiger charge is -2.32. The first-order chi connectivity index (χ1) is 13.9. The number of pyridine rings is 1. The maximum atomic E-state index is 5.47. The van der Waals surface area contributed by atoms with Crippen LogP contribution in [0, 0.1) is 0 Å². The number of anilines is 1. The Labute approximate surface area is 164 Å². The van der Waals surface area contributed by atoms with Gasteiger partial charge in [-0.3, -0.25) is 9.88 Å². The third-order valence-electron chi connectivity index (χ3n) is 5.71. The Balaban J connectivity index is 1.30. The number of nitrogens with zero attached hydrogens (tertiary/aromatic N) is 7. The molecule has 0 radical (unpaired) electrons. The summed E-state index contributed by atoms with van der Waals surface area (Å²) >= 11 is 0. The maximum absolute atomic E-state index is 5.47. The standard InChI is InChI=1S/C20H25N7O/c1-2-16(12-21-5-1)14-25-6-3-17(4-7-25)27-20-18(13-24-27)19(22-15-23-20)26-8-10-28-11-9-26/h1-2,5,12-13,15,17H,3-4,6-11,14H2. The van der Waals surface area contributed by atoms with Crippen molar-refractivity contribution in [1.82, 2.24) is 29.6 Å². The smallest absolute Gasteiger partial charge is 0.163 e. The molecule has 2 saturated heterocycles. The van der Waals surface area contributed by atoms with Crippen LogP contribution in [0.1, 0.15) is 24.4 Å². The first-order valence-corrected chi connectivity index (χ1v) is 10.0. The molecule has 3 aromatic rings. The Bertz CT molecular complexity index is 915. The number of hydrogen-bond acceptors (Lipinski definition) is 7. The maximum Gasteiger partial charge on any atom is 0.163 e. The van der Waals surface area contributed by atoms with Gasteiger partial charge in [0.15, 0.2) is 5.65 Å². The third-order valence-corrected chi connectivity index (χ3v) is 5.71. The summed E-state index contributed by atoms with van der Waals surface area (Å²) in [6.07, 6.45) is 9.54. The number of morpholine rings is 1. The highest BCUT2D eigenvalue weighted by molar-refractivity contribution is 5.86. The summed E-state index contributed by atoms with van der Waals surface area (Å²) in [5, 5.41) is 5.75. The average molecular weight is 379 g/mol. The van der Waals surface area contributed by atoms with Crippen LogP contribution in [-0.2, 0) is 11.3 Å². The molecule has 0 atom stereocenters. The van der Waals surface area contributed by atoms with Gasteiger partial charge >= 0.3 is 0 Å². The number of aromatic nitrogens is 5. The number of piperidine rings is 1. The van der Waals surface area contributed by atoms with E-state index >= 15 is 0 Å². The lowest BCUT2D eigenvalue weighted by Crippen LogP contribution is -2.37. The number of rotatable bonds is 4. The van der Waals surface area contributed by atoms with E-state index in [4.69, 9.17) is 9.84 Å². The van der Waals surface area contributed by atoms with E-state index in [-0.39, 0.29) is 0 Å². The van der Waals surface area contributed by atoms with Gasteiger partial charge in [0, 0.05) is 45.1 Å². The van der Waals surface area contributed by atoms with E-state index in [2.05, 4.69) is 35.5 Å². The molecule has 5 rings (SSSR count). The van der Waals surface area contributed by atoms with Crippen LogP contribution in [0.2, 0.25) is 0 Å². The van der Waals surface area contributed by atoms with Gasteiger partial charge < -0.3 is 9.64 Å². The Hall–Kier alpha value is -2.58. The van der Waals surface area contributed by atoms with E-state index in [0.717, 1.165) is 75.6 Å². The normalized spacial score (nSPS) is 19.4. The minimum absolute atomic E-state index is 0.384. The Morgan fingerprint density at radius 3 is 2.68 bits per heavy atom. The van der Waals surface area contributed by atoms with E-state index < -0.39 is 0 Å². The van der Waals surface area contributed by atoms with E-state index in [1.165, 1.54) is 5.56 Å². The zero-order valence-electron chi connectivity index (χ0n) is 15.9. The van der Waals surface area contributed by atoms with Crippen LogP contribution in [0.4, 0.5) is 5.82 Å². The van der Waals surface area contributed by atoms with Gasteiger partial charge in [0.25, 0.3) is 0 Å². The Morgan fingerprint density at radius 1 is 1.04 bits per heavy atom. The fourth-order valence-corrected chi connectivity index (χ4v) is 4.22. The molecular weight excluding hydrogens is 354 g/mol. The summed E-state index contributed by atoms with van der Waals surface area (Å²) in [6, 6.07) is 4.53. The van der Waals surface area contributed by atoms with E-state index in [1.807, 2.05) is 24.7 Å². The molecule has 8 nitrogen and oxygen atoms in total. The average Bonchev–Trinajstić information content (AvgIpc) is 3.20. The van der Waals surface area contributed by atoms with Gasteiger partial charge in [-0.05, 0) is 24.5 Å². The lowest BCUT2D eigenvalue weighted by atomic mass is 10.0. The number of hydrogen-bond donors (Lipinski definition) is 0. The molecule has 0 N–H and O–H groups in total. The highest BCUT2D eigenvalue weighted by atomic mass is 16.5. The van der Waals surface area contributed by atoms with Gasteiger partial charge in [0.1, 0.15) is 12.1 Å². The Morgan fingerprint density at radius 2 is 1.89 bits per heavy atom. The zero-order valence-corrected chi connectivity index (χ0v) is 15.9. The van der Waals surface area contributed by atoms with Gasteiger partial charge in [0.05, 0.1) is 30.8 Å². The monoisotopic (exact) mass is 379 g/mol. The summed E-state index contributed by atoms with van der Waals surface area (Å²) in [4.78, 5) is 18.1. The molecule has 28 heavy (non-hydrogen) atoms. The first kappa shape index (κ1) is 17.5. The lowest BCUT2D eigenvalue weighted by molar-refractivity contribution is 0.122. The van der Waals surface area contributed by atoms with Crippen LogP contribution in [-0.4, -0.2) is 69.0 Å². The molecule has 0 amide bonds. The topological polar surface area (TPSA) is 72.2 Å². The van der Waals surface area contributed by atoms with Crippen LogP contribution < -0.4 is 4.90 Å². The van der Waals surface area contributed by atoms with E-state index in [0.29, 0.717) is 6.04 Å². The fourth-order valence-electron chi connectivity index (χ4n) is 4.22. The predicted molar refractivity (Wildman–Crippen MR) is 106 cm³/mol. The van der Waals surface area contributed by atoms with E-state index in [1.54, 1.807) is 6.33 Å². The molecule has 146 valence electrons. The predicted octanol–water partition coefficient (Wildman–Crippen LogP) is 1.89. The van der Waals surface area contributed by atoms with Crippen LogP contribution in [0.15, 0.2) is 37.1 Å². The van der Waals surface area contributed by atoms with Gasteiger partial charge in [-0.25, -0.2) is 14.6 Å². The fraction of sp³-hybridized carbons (Fsp3) is 0.500. The molecule has 0 aliphatic carbocycles. The second-order valence-corrected chi connectivity index (χ2v) is 7.49. The quantitative estimate of drug-likeness (QED) is 0.685. The van der Waals surface area contributed by atoms with Crippen LogP contribution in [0.5, 0.6) is 0 Å². The van der Waals surface area contributed by atoms with Crippen molar-refractivity contribution in [1.29, 1.82) is 0 Å². The zero-order chi connectivity index (χ0) is 18.8. The van der Waals surface area contributed by atoms with Crippen molar-refractivity contribution in [2.75, 3.05) is 44.3 Å². The third kappa shape index (κ3) is 3.45. The van der Waals surface area contributed by atoms with Gasteiger partial charge in [-0.1, -0.05) is 6.07 Å². The molecule has 2 aliphatic rings. The molecule has 0 saturated carbocycles. The number of fused-ring (bicyclic) bond motifs is 1. The summed E-state index contributed by atoms with van der Waals surface area (Å²) in [5.74, 6) is 0.980. The number of ether oxygens (including phenoxy) is 1. The van der Waals surface area contributed by atoms with E-state index in [9.17, 15) is 0 Å². The molecule has 0 bridgehead atoms. The van der Waals surface area contributed by atoms with Crippen molar-refractivity contribution >= 4 is 16.9 Å². The second kappa shape index (κ2) is 7.81. The molecular formula is C20H25N7O. The summed E-state index contributed by atoms with van der Waals surface area (Å²) < 4.78 is 7.59. The van der Waals surface area contributed by atoms with Crippen LogP contribution in [0.3, 0.4) is 0 Å². The van der Waals surface area contributed by atoms with Crippen molar-refractivity contribution in [3.63, 3.8) is 0 Å². The minimum atomic E-state index is 0.384. The van der Waals surface area contributed by atoms with Gasteiger partial charge in [-0.15, -0.1) is 0 Å². The van der Waals surface area contributed by atoms with Crippen molar-refractivity contribution in [3.8, 4) is 0 Å². The van der Waals surface area contributed by atoms with Crippen molar-refractivity contribution < 1.29 is 4.74 Å². The van der Waals surface area contributed by atoms with Crippen molar-refractivity contribution in [3.05, 3.63) is 42.6 Å². The highest BCUT2D eigenvalue weighted by Gasteiger charge is 2.25. The van der Waals surface area contributed by atoms with Gasteiger partial charge in [-0.2, -0.15) is 5.10 Å². The van der Waals surface area contributed by atoms with Crippen LogP contribution >= 0.6 is 0 Å². The molecule has 3 aromatic heterocycles. The van der Waals surface area contributed by atoms with Crippen LogP contribution in [0.25, 0.3) is 11.0 Å². The molecule has 8 heteroatoms. The molecule has 2 aliphatic heterocycles. The summed E-state index contributed by atoms with van der Waals surface area (Å²) in [5.41, 5.74) is 2.22. The summed E-state index contributed by atoms with van der Waals surface area (Å²) in [7, 11) is 0. The SMILES string of the molecule is c1cncc(CN2CCC(n3ncc4c(N5CCOCC5)ncnc43)CC2)c1. The molecule has 5 heterocycles. The summed E-state index contributed by atoms with van der Waals surface area (Å²) in [6.45, 7) is 6.30. The van der Waals surface area contributed by atoms with Crippen molar-refractivity contribution in [2.45, 2.75) is 25.4 Å². The Kier molecular flexibility index (Phi) is 4.88. The largest absolute Gasteiger partial charge is 0.378 e. The molecule has 0 spiro atoms. The molecule has 2 fully saturated rings. The minimum Gasteiger partial charge on any atom is -0.378 e. The van der Waals surface area contributed by atoms with Crippen molar-refractivity contribution in [2.24, 2.45) is 0 Å². The first-order valence-electron chi connectivity index (χ1n) is 10.0.